The quantitative estimate of drug-likeness (QED) is 0.860. The molecule has 4 nitrogen and oxygen atoms in total. The topological polar surface area (TPSA) is 60.5 Å². The Balaban J connectivity index is 2.34. The summed E-state index contributed by atoms with van der Waals surface area (Å²) in [4.78, 5) is 4.70. The molecule has 0 aliphatic carbocycles. The van der Waals surface area contributed by atoms with E-state index in [1.807, 2.05) is 74.5 Å². The van der Waals surface area contributed by atoms with E-state index in [1.54, 1.807) is 0 Å². The zero-order valence-corrected chi connectivity index (χ0v) is 14.2. The smallest absolute Gasteiger partial charge is 0.213 e. The van der Waals surface area contributed by atoms with Crippen LogP contribution in [0.15, 0.2) is 70.8 Å². The molecule has 0 bridgehead atoms. The summed E-state index contributed by atoms with van der Waals surface area (Å²) in [5.41, 5.74) is 3.31. The molecular weight excluding hydrogens is 320 g/mol. The summed E-state index contributed by atoms with van der Waals surface area (Å²) in [6, 6.07) is 21.8. The molecular formula is C19H17ClN4. The molecule has 0 fully saturated rings. The van der Waals surface area contributed by atoms with Gasteiger partial charge in [-0.25, -0.2) is 4.99 Å². The minimum atomic E-state index is -1.01. The maximum Gasteiger partial charge on any atom is 0.213 e. The number of hydrazone groups is 1. The van der Waals surface area contributed by atoms with E-state index in [2.05, 4.69) is 16.6 Å². The number of nitrogens with one attached hydrogen (secondary N) is 1. The molecule has 0 aromatic heterocycles. The van der Waals surface area contributed by atoms with Crippen molar-refractivity contribution in [2.75, 3.05) is 0 Å². The Morgan fingerprint density at radius 2 is 1.62 bits per heavy atom. The summed E-state index contributed by atoms with van der Waals surface area (Å²) in [6.45, 7) is 3.72. The first-order valence-electron chi connectivity index (χ1n) is 7.63. The maximum atomic E-state index is 9.89. The standard InChI is InChI=1S/C19H17ClN4/c1-18(2,13-21)19(15-11-7-4-8-12-15)16(23-24-17(20)22-19)14-9-5-3-6-10-14/h3-12H,1-2H3,(H,22,24)/t19-/m0/s1. The van der Waals surface area contributed by atoms with Crippen LogP contribution >= 0.6 is 11.6 Å². The van der Waals surface area contributed by atoms with Crippen LogP contribution in [0.1, 0.15) is 25.0 Å². The summed E-state index contributed by atoms with van der Waals surface area (Å²) >= 11 is 6.19. The molecule has 0 saturated carbocycles. The molecule has 1 aliphatic heterocycles. The SMILES string of the molecule is CC(C)(C#N)[C@@]1(c2ccccc2)N=C(Cl)NN=C1c1ccccc1. The van der Waals surface area contributed by atoms with Gasteiger partial charge in [-0.15, -0.1) is 0 Å². The average molecular weight is 337 g/mol. The molecule has 0 unspecified atom stereocenters. The molecule has 3 rings (SSSR count). The number of nitriles is 1. The summed E-state index contributed by atoms with van der Waals surface area (Å²) in [6.07, 6.45) is 0. The number of hydrogen-bond donors (Lipinski definition) is 1. The van der Waals surface area contributed by atoms with E-state index >= 15 is 0 Å². The van der Waals surface area contributed by atoms with Gasteiger partial charge in [-0.2, -0.15) is 10.4 Å². The van der Waals surface area contributed by atoms with Gasteiger partial charge in [0, 0.05) is 5.56 Å². The first kappa shape index (κ1) is 16.2. The van der Waals surface area contributed by atoms with Crippen molar-refractivity contribution in [3.63, 3.8) is 0 Å². The Hall–Kier alpha value is -2.64. The third-order valence-electron chi connectivity index (χ3n) is 4.29. The Bertz CT molecular complexity index is 835. The van der Waals surface area contributed by atoms with Gasteiger partial charge in [-0.05, 0) is 31.0 Å². The van der Waals surface area contributed by atoms with Gasteiger partial charge in [0.25, 0.3) is 0 Å². The second-order valence-electron chi connectivity index (χ2n) is 6.15. The van der Waals surface area contributed by atoms with Crippen molar-refractivity contribution >= 4 is 22.6 Å². The predicted octanol–water partition coefficient (Wildman–Crippen LogP) is 4.03. The number of rotatable bonds is 3. The van der Waals surface area contributed by atoms with Gasteiger partial charge in [-0.1, -0.05) is 60.7 Å². The van der Waals surface area contributed by atoms with Crippen LogP contribution in [0.4, 0.5) is 0 Å². The van der Waals surface area contributed by atoms with Crippen LogP contribution in [0.3, 0.4) is 0 Å². The van der Waals surface area contributed by atoms with Gasteiger partial charge in [-0.3, -0.25) is 5.43 Å². The summed E-state index contributed by atoms with van der Waals surface area (Å²) < 4.78 is 0. The second kappa shape index (κ2) is 6.10. The van der Waals surface area contributed by atoms with Gasteiger partial charge in [0.05, 0.1) is 11.5 Å². The summed E-state index contributed by atoms with van der Waals surface area (Å²) in [5, 5.41) is 14.5. The Morgan fingerprint density at radius 1 is 1.04 bits per heavy atom. The molecule has 0 saturated heterocycles. The highest BCUT2D eigenvalue weighted by Crippen LogP contribution is 2.46. The van der Waals surface area contributed by atoms with E-state index in [0.29, 0.717) is 5.71 Å². The Kier molecular flexibility index (Phi) is 4.13. The average Bonchev–Trinajstić information content (AvgIpc) is 2.62. The normalized spacial score (nSPS) is 20.4. The lowest BCUT2D eigenvalue weighted by Crippen LogP contribution is -2.51. The summed E-state index contributed by atoms with van der Waals surface area (Å²) in [5.74, 6) is 0. The Labute approximate surface area is 146 Å². The molecule has 0 radical (unpaired) electrons. The van der Waals surface area contributed by atoms with Crippen LogP contribution < -0.4 is 5.43 Å². The van der Waals surface area contributed by atoms with Gasteiger partial charge >= 0.3 is 0 Å². The maximum absolute atomic E-state index is 9.89. The van der Waals surface area contributed by atoms with Gasteiger partial charge in [0.1, 0.15) is 5.71 Å². The highest BCUT2D eigenvalue weighted by Gasteiger charge is 2.53. The van der Waals surface area contributed by atoms with Crippen molar-refractivity contribution in [2.24, 2.45) is 15.5 Å². The van der Waals surface area contributed by atoms with E-state index in [-0.39, 0.29) is 5.29 Å². The molecule has 2 aromatic carbocycles. The van der Waals surface area contributed by atoms with Crippen LogP contribution in [0.2, 0.25) is 0 Å². The fraction of sp³-hybridized carbons (Fsp3) is 0.211. The largest absolute Gasteiger partial charge is 0.251 e. The molecule has 1 atom stereocenters. The van der Waals surface area contributed by atoms with E-state index < -0.39 is 11.0 Å². The number of amidine groups is 1. The van der Waals surface area contributed by atoms with Gasteiger partial charge in [0.15, 0.2) is 5.54 Å². The van der Waals surface area contributed by atoms with Crippen LogP contribution in [0.5, 0.6) is 0 Å². The first-order valence-corrected chi connectivity index (χ1v) is 8.01. The molecule has 2 aromatic rings. The molecule has 0 spiro atoms. The lowest BCUT2D eigenvalue weighted by Gasteiger charge is -2.42. The van der Waals surface area contributed by atoms with Crippen molar-refractivity contribution in [3.8, 4) is 6.07 Å². The number of halogens is 1. The van der Waals surface area contributed by atoms with E-state index in [0.717, 1.165) is 11.1 Å². The number of hydrogen-bond acceptors (Lipinski definition) is 4. The monoisotopic (exact) mass is 336 g/mol. The molecule has 1 aliphatic rings. The predicted molar refractivity (Wildman–Crippen MR) is 96.9 cm³/mol. The zero-order valence-electron chi connectivity index (χ0n) is 13.5. The number of aliphatic imine (C=N–C) groups is 1. The Morgan fingerprint density at radius 3 is 2.21 bits per heavy atom. The fourth-order valence-corrected chi connectivity index (χ4v) is 3.20. The van der Waals surface area contributed by atoms with Crippen molar-refractivity contribution in [2.45, 2.75) is 19.4 Å². The minimum absolute atomic E-state index is 0.168. The molecule has 1 heterocycles. The van der Waals surface area contributed by atoms with Crippen LogP contribution in [-0.2, 0) is 5.54 Å². The van der Waals surface area contributed by atoms with Crippen molar-refractivity contribution in [1.82, 2.24) is 5.43 Å². The van der Waals surface area contributed by atoms with Crippen LogP contribution in [0, 0.1) is 16.7 Å². The van der Waals surface area contributed by atoms with Gasteiger partial charge < -0.3 is 0 Å². The van der Waals surface area contributed by atoms with E-state index in [1.165, 1.54) is 0 Å². The van der Waals surface area contributed by atoms with E-state index in [4.69, 9.17) is 16.6 Å². The van der Waals surface area contributed by atoms with Crippen molar-refractivity contribution in [1.29, 1.82) is 5.26 Å². The number of benzene rings is 2. The van der Waals surface area contributed by atoms with Gasteiger partial charge in [0.2, 0.25) is 5.29 Å². The third-order valence-corrected chi connectivity index (χ3v) is 4.46. The fourth-order valence-electron chi connectivity index (χ4n) is 3.04. The lowest BCUT2D eigenvalue weighted by molar-refractivity contribution is 0.322. The highest BCUT2D eigenvalue weighted by molar-refractivity contribution is 6.65. The molecule has 1 N–H and O–H groups in total. The first-order chi connectivity index (χ1) is 11.5. The van der Waals surface area contributed by atoms with Crippen LogP contribution in [0.25, 0.3) is 0 Å². The minimum Gasteiger partial charge on any atom is -0.251 e. The molecule has 0 amide bonds. The molecule has 120 valence electrons. The van der Waals surface area contributed by atoms with Crippen molar-refractivity contribution in [3.05, 3.63) is 71.8 Å². The molecule has 5 heteroatoms. The number of nitrogens with zero attached hydrogens (tertiary/aromatic N) is 3. The van der Waals surface area contributed by atoms with Crippen LogP contribution in [-0.4, -0.2) is 11.0 Å². The van der Waals surface area contributed by atoms with Crippen molar-refractivity contribution < 1.29 is 0 Å². The van der Waals surface area contributed by atoms with E-state index in [9.17, 15) is 5.26 Å². The lowest BCUT2D eigenvalue weighted by atomic mass is 9.65. The molecule has 24 heavy (non-hydrogen) atoms. The second-order valence-corrected chi connectivity index (χ2v) is 6.51. The third kappa shape index (κ3) is 2.47. The highest BCUT2D eigenvalue weighted by atomic mass is 35.5. The zero-order chi connectivity index (χ0) is 17.2. The summed E-state index contributed by atoms with van der Waals surface area (Å²) in [7, 11) is 0.